The van der Waals surface area contributed by atoms with Crippen LogP contribution in [0.4, 0.5) is 11.4 Å². The van der Waals surface area contributed by atoms with Crippen molar-refractivity contribution >= 4 is 45.8 Å². The Morgan fingerprint density at radius 2 is 1.93 bits per heavy atom. The van der Waals surface area contributed by atoms with Gasteiger partial charge in [0.2, 0.25) is 0 Å². The third-order valence-corrected chi connectivity index (χ3v) is 3.95. The van der Waals surface area contributed by atoms with Crippen LogP contribution in [-0.4, -0.2) is 23.4 Å². The molecule has 0 saturated carbocycles. The summed E-state index contributed by atoms with van der Waals surface area (Å²) >= 11 is 5.87. The Balaban J connectivity index is 1.66. The van der Waals surface area contributed by atoms with Crippen LogP contribution in [0, 0.1) is 10.1 Å². The summed E-state index contributed by atoms with van der Waals surface area (Å²) in [5.41, 5.74) is -1.05. The van der Waals surface area contributed by atoms with E-state index in [1.165, 1.54) is 12.1 Å². The molecule has 0 aliphatic heterocycles. The first-order chi connectivity index (χ1) is 13.3. The van der Waals surface area contributed by atoms with E-state index in [1.807, 2.05) is 0 Å². The van der Waals surface area contributed by atoms with E-state index < -0.39 is 29.0 Å². The van der Waals surface area contributed by atoms with Gasteiger partial charge in [-0.25, -0.2) is 9.59 Å². The fourth-order valence-corrected chi connectivity index (χ4v) is 2.54. The van der Waals surface area contributed by atoms with Gasteiger partial charge in [-0.1, -0.05) is 29.8 Å². The monoisotopic (exact) mass is 402 g/mol. The summed E-state index contributed by atoms with van der Waals surface area (Å²) in [5, 5.41) is 13.5. The molecule has 28 heavy (non-hydrogen) atoms. The van der Waals surface area contributed by atoms with Crippen LogP contribution in [0.25, 0.3) is 11.0 Å². The molecule has 0 bridgehead atoms. The van der Waals surface area contributed by atoms with Gasteiger partial charge in [-0.15, -0.1) is 0 Å². The summed E-state index contributed by atoms with van der Waals surface area (Å²) in [5.74, 6) is -1.77. The first-order valence-corrected chi connectivity index (χ1v) is 8.17. The van der Waals surface area contributed by atoms with E-state index >= 15 is 0 Å². The van der Waals surface area contributed by atoms with Crippen LogP contribution in [-0.2, 0) is 9.53 Å². The zero-order valence-electron chi connectivity index (χ0n) is 14.0. The van der Waals surface area contributed by atoms with Crippen molar-refractivity contribution < 1.29 is 23.7 Å². The van der Waals surface area contributed by atoms with Gasteiger partial charge in [0.15, 0.2) is 6.61 Å². The highest BCUT2D eigenvalue weighted by Crippen LogP contribution is 2.26. The number of halogens is 1. The van der Waals surface area contributed by atoms with E-state index in [4.69, 9.17) is 20.8 Å². The number of para-hydroxylation sites is 1. The number of rotatable bonds is 5. The van der Waals surface area contributed by atoms with Crippen molar-refractivity contribution in [3.05, 3.63) is 79.7 Å². The van der Waals surface area contributed by atoms with Crippen LogP contribution in [0.2, 0.25) is 5.02 Å². The Bertz CT molecular complexity index is 1160. The minimum Gasteiger partial charge on any atom is -0.452 e. The van der Waals surface area contributed by atoms with Crippen molar-refractivity contribution in [2.75, 3.05) is 11.9 Å². The second-order valence-corrected chi connectivity index (χ2v) is 5.94. The smallest absolute Gasteiger partial charge is 0.351 e. The standard InChI is InChI=1S/C18H11ClN2O7/c19-13-8-11(21(25)26)5-6-14(13)20-16(22)9-27-17(23)12-7-10-3-1-2-4-15(10)28-18(12)24/h1-8H,9H2,(H,20,22). The molecule has 1 aromatic heterocycles. The molecule has 0 saturated heterocycles. The van der Waals surface area contributed by atoms with E-state index in [0.29, 0.717) is 11.0 Å². The predicted octanol–water partition coefficient (Wildman–Crippen LogP) is 3.15. The average Bonchev–Trinajstić information content (AvgIpc) is 2.67. The van der Waals surface area contributed by atoms with Crippen molar-refractivity contribution in [3.63, 3.8) is 0 Å². The number of carbonyl (C=O) groups excluding carboxylic acids is 2. The number of esters is 1. The molecule has 10 heteroatoms. The molecule has 1 heterocycles. The number of anilines is 1. The maximum atomic E-state index is 12.1. The van der Waals surface area contributed by atoms with Crippen LogP contribution in [0.1, 0.15) is 10.4 Å². The zero-order chi connectivity index (χ0) is 20.3. The number of nitro benzene ring substituents is 1. The molecule has 142 valence electrons. The SMILES string of the molecule is O=C(COC(=O)c1cc2ccccc2oc1=O)Nc1ccc([N+](=O)[O-])cc1Cl. The lowest BCUT2D eigenvalue weighted by Gasteiger charge is -2.08. The van der Waals surface area contributed by atoms with Crippen LogP contribution >= 0.6 is 11.6 Å². The number of hydrogen-bond donors (Lipinski definition) is 1. The largest absolute Gasteiger partial charge is 0.452 e. The second kappa shape index (κ2) is 7.89. The van der Waals surface area contributed by atoms with Crippen molar-refractivity contribution in [2.45, 2.75) is 0 Å². The lowest BCUT2D eigenvalue weighted by Crippen LogP contribution is -2.23. The summed E-state index contributed by atoms with van der Waals surface area (Å²) in [6, 6.07) is 11.4. The summed E-state index contributed by atoms with van der Waals surface area (Å²) < 4.78 is 9.86. The topological polar surface area (TPSA) is 129 Å². The molecule has 0 fully saturated rings. The molecule has 2 aromatic carbocycles. The van der Waals surface area contributed by atoms with Crippen molar-refractivity contribution in [2.24, 2.45) is 0 Å². The van der Waals surface area contributed by atoms with Crippen LogP contribution in [0.15, 0.2) is 57.7 Å². The number of amides is 1. The molecule has 1 amide bonds. The number of benzene rings is 2. The Hall–Kier alpha value is -3.72. The summed E-state index contributed by atoms with van der Waals surface area (Å²) in [4.78, 5) is 46.0. The maximum Gasteiger partial charge on any atom is 0.351 e. The zero-order valence-corrected chi connectivity index (χ0v) is 14.8. The third-order valence-electron chi connectivity index (χ3n) is 3.63. The van der Waals surface area contributed by atoms with Crippen molar-refractivity contribution in [1.82, 2.24) is 0 Å². The highest BCUT2D eigenvalue weighted by atomic mass is 35.5. The highest BCUT2D eigenvalue weighted by Gasteiger charge is 2.17. The Kier molecular flexibility index (Phi) is 5.37. The number of non-ortho nitro benzene ring substituents is 1. The van der Waals surface area contributed by atoms with Gasteiger partial charge in [0, 0.05) is 17.5 Å². The lowest BCUT2D eigenvalue weighted by atomic mass is 10.2. The van der Waals surface area contributed by atoms with Crippen LogP contribution in [0.5, 0.6) is 0 Å². The molecular formula is C18H11ClN2O7. The van der Waals surface area contributed by atoms with Crippen molar-refractivity contribution in [1.29, 1.82) is 0 Å². The van der Waals surface area contributed by atoms with Gasteiger partial charge in [-0.3, -0.25) is 14.9 Å². The molecule has 0 atom stereocenters. The fourth-order valence-electron chi connectivity index (χ4n) is 2.32. The first kappa shape index (κ1) is 19.1. The number of fused-ring (bicyclic) bond motifs is 1. The maximum absolute atomic E-state index is 12.1. The number of carbonyl (C=O) groups is 2. The number of nitrogens with zero attached hydrogens (tertiary/aromatic N) is 1. The summed E-state index contributed by atoms with van der Waals surface area (Å²) in [6.45, 7) is -0.696. The van der Waals surface area contributed by atoms with Crippen LogP contribution < -0.4 is 10.9 Å². The molecule has 3 aromatic rings. The van der Waals surface area contributed by atoms with E-state index in [0.717, 1.165) is 12.1 Å². The number of ether oxygens (including phenoxy) is 1. The molecule has 0 aliphatic carbocycles. The molecule has 0 spiro atoms. The van der Waals surface area contributed by atoms with E-state index in [-0.39, 0.29) is 22.0 Å². The molecule has 0 radical (unpaired) electrons. The minimum absolute atomic E-state index is 0.0518. The summed E-state index contributed by atoms with van der Waals surface area (Å²) in [6.07, 6.45) is 0. The molecule has 1 N–H and O–H groups in total. The fraction of sp³-hybridized carbons (Fsp3) is 0.0556. The Labute approximate surface area is 161 Å². The van der Waals surface area contributed by atoms with Crippen molar-refractivity contribution in [3.8, 4) is 0 Å². The number of hydrogen-bond acceptors (Lipinski definition) is 7. The Morgan fingerprint density at radius 1 is 1.18 bits per heavy atom. The van der Waals surface area contributed by atoms with E-state index in [9.17, 15) is 24.5 Å². The molecular weight excluding hydrogens is 392 g/mol. The number of nitrogens with one attached hydrogen (secondary N) is 1. The lowest BCUT2D eigenvalue weighted by molar-refractivity contribution is -0.384. The molecule has 0 unspecified atom stereocenters. The summed E-state index contributed by atoms with van der Waals surface area (Å²) in [7, 11) is 0. The van der Waals surface area contributed by atoms with Gasteiger partial charge in [0.1, 0.15) is 11.1 Å². The quantitative estimate of drug-likeness (QED) is 0.300. The average molecular weight is 403 g/mol. The van der Waals surface area contributed by atoms with Gasteiger partial charge >= 0.3 is 11.6 Å². The van der Waals surface area contributed by atoms with Gasteiger partial charge < -0.3 is 14.5 Å². The molecule has 0 aliphatic rings. The molecule has 3 rings (SSSR count). The van der Waals surface area contributed by atoms with E-state index in [2.05, 4.69) is 5.32 Å². The predicted molar refractivity (Wildman–Crippen MR) is 99.5 cm³/mol. The van der Waals surface area contributed by atoms with Gasteiger partial charge in [0.25, 0.3) is 11.6 Å². The minimum atomic E-state index is -1.02. The van der Waals surface area contributed by atoms with Gasteiger partial charge in [-0.05, 0) is 18.2 Å². The highest BCUT2D eigenvalue weighted by molar-refractivity contribution is 6.34. The normalized spacial score (nSPS) is 10.5. The number of nitro groups is 1. The van der Waals surface area contributed by atoms with Gasteiger partial charge in [0.05, 0.1) is 15.6 Å². The Morgan fingerprint density at radius 3 is 2.64 bits per heavy atom. The first-order valence-electron chi connectivity index (χ1n) is 7.79. The second-order valence-electron chi connectivity index (χ2n) is 5.53. The van der Waals surface area contributed by atoms with E-state index in [1.54, 1.807) is 24.3 Å². The van der Waals surface area contributed by atoms with Gasteiger partial charge in [-0.2, -0.15) is 0 Å². The molecule has 9 nitrogen and oxygen atoms in total. The van der Waals surface area contributed by atoms with Crippen LogP contribution in [0.3, 0.4) is 0 Å². The third kappa shape index (κ3) is 4.15.